The summed E-state index contributed by atoms with van der Waals surface area (Å²) in [5.41, 5.74) is 2.40. The Bertz CT molecular complexity index is 752. The Hall–Kier alpha value is -2.63. The number of nitrogens with zero attached hydrogens (tertiary/aromatic N) is 4. The van der Waals surface area contributed by atoms with Gasteiger partial charge >= 0.3 is 0 Å². The Morgan fingerprint density at radius 1 is 0.840 bits per heavy atom. The summed E-state index contributed by atoms with van der Waals surface area (Å²) in [5, 5.41) is 4.47. The van der Waals surface area contributed by atoms with Gasteiger partial charge < -0.3 is 9.80 Å². The second-order valence-corrected chi connectivity index (χ2v) is 6.65. The number of hydrogen-bond donors (Lipinski definition) is 0. The minimum atomic E-state index is -0.0197. The van der Waals surface area contributed by atoms with Crippen molar-refractivity contribution in [2.24, 2.45) is 0 Å². The maximum Gasteiger partial charge on any atom is 0.274 e. The lowest BCUT2D eigenvalue weighted by atomic mass is 10.1. The largest absolute Gasteiger partial charge is 0.335 e. The van der Waals surface area contributed by atoms with Crippen LogP contribution < -0.4 is 0 Å². The number of carbonyl (C=O) groups is 2. The fourth-order valence-corrected chi connectivity index (χ4v) is 3.56. The number of rotatable bonds is 2. The molecule has 2 aliphatic heterocycles. The summed E-state index contributed by atoms with van der Waals surface area (Å²) >= 11 is 0. The van der Waals surface area contributed by atoms with Crippen LogP contribution in [-0.4, -0.2) is 57.6 Å². The molecular formula is C19H22N4O2. The summed E-state index contributed by atoms with van der Waals surface area (Å²) in [6.45, 7) is 3.14. The first kappa shape index (κ1) is 15.9. The molecule has 0 aliphatic carbocycles. The molecule has 25 heavy (non-hydrogen) atoms. The molecule has 6 nitrogen and oxygen atoms in total. The molecule has 4 rings (SSSR count). The molecular weight excluding hydrogens is 316 g/mol. The first-order chi connectivity index (χ1) is 12.2. The minimum absolute atomic E-state index is 0.0197. The molecule has 0 spiro atoms. The lowest BCUT2D eigenvalue weighted by Gasteiger charge is -2.34. The number of aromatic nitrogens is 2. The monoisotopic (exact) mass is 338 g/mol. The predicted molar refractivity (Wildman–Crippen MR) is 93.4 cm³/mol. The van der Waals surface area contributed by atoms with E-state index in [4.69, 9.17) is 0 Å². The fraction of sp³-hybridized carbons (Fsp3) is 0.421. The number of benzene rings is 1. The standard InChI is InChI=1S/C19H22N4O2/c24-18(15-6-2-1-3-7-15)21-10-12-22(13-11-21)19(25)17-14-16-8-4-5-9-23(16)20-17/h1-3,6-7,14H,4-5,8-13H2. The molecule has 1 fully saturated rings. The third kappa shape index (κ3) is 3.16. The molecule has 0 unspecified atom stereocenters. The van der Waals surface area contributed by atoms with Crippen molar-refractivity contribution in [3.8, 4) is 0 Å². The summed E-state index contributed by atoms with van der Waals surface area (Å²) in [5.74, 6) is 0.0128. The molecule has 1 aromatic carbocycles. The second-order valence-electron chi connectivity index (χ2n) is 6.65. The van der Waals surface area contributed by atoms with Gasteiger partial charge in [-0.05, 0) is 37.5 Å². The predicted octanol–water partition coefficient (Wildman–Crippen LogP) is 1.82. The molecule has 2 aromatic rings. The number of amides is 2. The van der Waals surface area contributed by atoms with Crippen LogP contribution in [0.4, 0.5) is 0 Å². The summed E-state index contributed by atoms with van der Waals surface area (Å²) in [7, 11) is 0. The molecule has 1 saturated heterocycles. The van der Waals surface area contributed by atoms with E-state index in [9.17, 15) is 9.59 Å². The lowest BCUT2D eigenvalue weighted by Crippen LogP contribution is -2.50. The molecule has 2 amide bonds. The van der Waals surface area contributed by atoms with Gasteiger partial charge in [-0.25, -0.2) is 0 Å². The zero-order chi connectivity index (χ0) is 17.2. The van der Waals surface area contributed by atoms with E-state index in [1.807, 2.05) is 50.9 Å². The third-order valence-electron chi connectivity index (χ3n) is 5.01. The van der Waals surface area contributed by atoms with E-state index in [0.717, 1.165) is 25.1 Å². The number of fused-ring (bicyclic) bond motifs is 1. The highest BCUT2D eigenvalue weighted by molar-refractivity contribution is 5.95. The highest BCUT2D eigenvalue weighted by Crippen LogP contribution is 2.17. The zero-order valence-corrected chi connectivity index (χ0v) is 14.2. The molecule has 0 radical (unpaired) electrons. The number of piperazine rings is 1. The smallest absolute Gasteiger partial charge is 0.274 e. The Labute approximate surface area is 147 Å². The van der Waals surface area contributed by atoms with E-state index in [0.29, 0.717) is 37.4 Å². The van der Waals surface area contributed by atoms with E-state index >= 15 is 0 Å². The molecule has 0 N–H and O–H groups in total. The average molecular weight is 338 g/mol. The van der Waals surface area contributed by atoms with E-state index in [-0.39, 0.29) is 11.8 Å². The van der Waals surface area contributed by atoms with Gasteiger partial charge in [0.15, 0.2) is 5.69 Å². The van der Waals surface area contributed by atoms with Gasteiger partial charge in [-0.1, -0.05) is 18.2 Å². The molecule has 1 aromatic heterocycles. The van der Waals surface area contributed by atoms with Crippen LogP contribution in [0.2, 0.25) is 0 Å². The first-order valence-electron chi connectivity index (χ1n) is 8.93. The molecule has 0 atom stereocenters. The maximum atomic E-state index is 12.7. The summed E-state index contributed by atoms with van der Waals surface area (Å²) in [4.78, 5) is 28.8. The van der Waals surface area contributed by atoms with Gasteiger partial charge in [0.25, 0.3) is 11.8 Å². The van der Waals surface area contributed by atoms with Crippen molar-refractivity contribution in [1.29, 1.82) is 0 Å². The lowest BCUT2D eigenvalue weighted by molar-refractivity contribution is 0.0532. The molecule has 0 saturated carbocycles. The van der Waals surface area contributed by atoms with Crippen LogP contribution in [0.5, 0.6) is 0 Å². The van der Waals surface area contributed by atoms with Crippen LogP contribution >= 0.6 is 0 Å². The summed E-state index contributed by atoms with van der Waals surface area (Å²) in [6, 6.07) is 11.2. The molecule has 130 valence electrons. The Morgan fingerprint density at radius 3 is 2.20 bits per heavy atom. The molecule has 3 heterocycles. The van der Waals surface area contributed by atoms with Crippen LogP contribution in [0.3, 0.4) is 0 Å². The van der Waals surface area contributed by atoms with Crippen molar-refractivity contribution in [2.75, 3.05) is 26.2 Å². The molecule has 2 aliphatic rings. The third-order valence-corrected chi connectivity index (χ3v) is 5.01. The van der Waals surface area contributed by atoms with Crippen molar-refractivity contribution < 1.29 is 9.59 Å². The van der Waals surface area contributed by atoms with Crippen molar-refractivity contribution in [3.63, 3.8) is 0 Å². The van der Waals surface area contributed by atoms with Gasteiger partial charge in [-0.2, -0.15) is 5.10 Å². The Kier molecular flexibility index (Phi) is 4.26. The van der Waals surface area contributed by atoms with E-state index in [1.165, 1.54) is 6.42 Å². The van der Waals surface area contributed by atoms with Crippen LogP contribution in [0.25, 0.3) is 0 Å². The van der Waals surface area contributed by atoms with Crippen LogP contribution in [0.15, 0.2) is 36.4 Å². The SMILES string of the molecule is O=C(c1ccccc1)N1CCN(C(=O)c2cc3n(n2)CCCC3)CC1. The maximum absolute atomic E-state index is 12.7. The van der Waals surface area contributed by atoms with Gasteiger partial charge in [0, 0.05) is 44.0 Å². The van der Waals surface area contributed by atoms with Gasteiger partial charge in [0.05, 0.1) is 0 Å². The summed E-state index contributed by atoms with van der Waals surface area (Å²) < 4.78 is 1.96. The number of carbonyl (C=O) groups excluding carboxylic acids is 2. The molecule has 6 heteroatoms. The van der Waals surface area contributed by atoms with E-state index in [1.54, 1.807) is 0 Å². The van der Waals surface area contributed by atoms with Crippen LogP contribution in [0, 0.1) is 0 Å². The van der Waals surface area contributed by atoms with Crippen molar-refractivity contribution in [2.45, 2.75) is 25.8 Å². The molecule has 0 bridgehead atoms. The van der Waals surface area contributed by atoms with Gasteiger partial charge in [-0.3, -0.25) is 14.3 Å². The normalized spacial score (nSPS) is 17.3. The van der Waals surface area contributed by atoms with E-state index in [2.05, 4.69) is 5.10 Å². The van der Waals surface area contributed by atoms with Crippen molar-refractivity contribution in [1.82, 2.24) is 19.6 Å². The highest BCUT2D eigenvalue weighted by atomic mass is 16.2. The highest BCUT2D eigenvalue weighted by Gasteiger charge is 2.27. The Morgan fingerprint density at radius 2 is 1.52 bits per heavy atom. The van der Waals surface area contributed by atoms with Gasteiger partial charge in [-0.15, -0.1) is 0 Å². The number of aryl methyl sites for hydroxylation is 2. The van der Waals surface area contributed by atoms with Gasteiger partial charge in [0.2, 0.25) is 0 Å². The zero-order valence-electron chi connectivity index (χ0n) is 14.2. The number of hydrogen-bond acceptors (Lipinski definition) is 3. The van der Waals surface area contributed by atoms with Crippen molar-refractivity contribution in [3.05, 3.63) is 53.3 Å². The van der Waals surface area contributed by atoms with E-state index < -0.39 is 0 Å². The Balaban J connectivity index is 1.39. The van der Waals surface area contributed by atoms with Crippen molar-refractivity contribution >= 4 is 11.8 Å². The average Bonchev–Trinajstić information content (AvgIpc) is 3.12. The first-order valence-corrected chi connectivity index (χ1v) is 8.93. The van der Waals surface area contributed by atoms with Crippen LogP contribution in [-0.2, 0) is 13.0 Å². The second kappa shape index (κ2) is 6.70. The van der Waals surface area contributed by atoms with Crippen LogP contribution in [0.1, 0.15) is 39.4 Å². The quantitative estimate of drug-likeness (QED) is 0.839. The minimum Gasteiger partial charge on any atom is -0.335 e. The fourth-order valence-electron chi connectivity index (χ4n) is 3.56. The topological polar surface area (TPSA) is 58.4 Å². The summed E-state index contributed by atoms with van der Waals surface area (Å²) in [6.07, 6.45) is 3.29. The van der Waals surface area contributed by atoms with Gasteiger partial charge in [0.1, 0.15) is 0 Å².